The van der Waals surface area contributed by atoms with Crippen LogP contribution in [0.2, 0.25) is 0 Å². The van der Waals surface area contributed by atoms with Crippen LogP contribution >= 0.6 is 11.9 Å². The minimum Gasteiger partial charge on any atom is -0.251 e. The largest absolute Gasteiger partial charge is 0.251 e. The summed E-state index contributed by atoms with van der Waals surface area (Å²) in [5, 5.41) is 10.6. The molecule has 0 fully saturated rings. The smallest absolute Gasteiger partial charge is 0.238 e. The molecule has 0 N–H and O–H groups in total. The lowest BCUT2D eigenvalue weighted by Gasteiger charge is -2.16. The van der Waals surface area contributed by atoms with Crippen LogP contribution in [0.25, 0.3) is 0 Å². The fourth-order valence-corrected chi connectivity index (χ4v) is 2.28. The topological polar surface area (TPSA) is 43.1 Å². The Kier molecular flexibility index (Phi) is 8.48. The Balaban J connectivity index is 4.20. The molecule has 0 spiro atoms. The van der Waals surface area contributed by atoms with Crippen molar-refractivity contribution in [3.05, 3.63) is 46.1 Å². The van der Waals surface area contributed by atoms with Crippen LogP contribution in [-0.4, -0.2) is 9.08 Å². The van der Waals surface area contributed by atoms with Gasteiger partial charge in [0.1, 0.15) is 9.08 Å². The van der Waals surface area contributed by atoms with E-state index in [0.29, 0.717) is 0 Å². The van der Waals surface area contributed by atoms with Crippen LogP contribution in [0.15, 0.2) is 36.0 Å². The summed E-state index contributed by atoms with van der Waals surface area (Å²) in [5.74, 6) is 0. The molecule has 0 heterocycles. The first-order valence-corrected chi connectivity index (χ1v) is 7.32. The van der Waals surface area contributed by atoms with Gasteiger partial charge in [0.2, 0.25) is 11.9 Å². The minimum absolute atomic E-state index is 0.340. The standard InChI is InChI=1S/C15H25NO2S/c1-6-15(5,19-16(17)18)12-8-11-14(4)10-7-9-13(2)3/h6,9,11H,1,7-8,10,12H2,2-5H3/b14-11+. The molecule has 0 amide bonds. The molecule has 0 rings (SSSR count). The summed E-state index contributed by atoms with van der Waals surface area (Å²) in [6.07, 6.45) is 9.79. The van der Waals surface area contributed by atoms with E-state index in [1.54, 1.807) is 6.08 Å². The van der Waals surface area contributed by atoms with Gasteiger partial charge in [-0.3, -0.25) is 10.1 Å². The van der Waals surface area contributed by atoms with Crippen molar-refractivity contribution in [2.24, 2.45) is 0 Å². The number of allylic oxidation sites excluding steroid dienone is 4. The summed E-state index contributed by atoms with van der Waals surface area (Å²) in [6.45, 7) is 11.9. The van der Waals surface area contributed by atoms with Crippen molar-refractivity contribution in [2.45, 2.75) is 58.1 Å². The average Bonchev–Trinajstić information content (AvgIpc) is 2.27. The van der Waals surface area contributed by atoms with E-state index in [1.165, 1.54) is 11.1 Å². The van der Waals surface area contributed by atoms with Crippen LogP contribution in [0.5, 0.6) is 0 Å². The molecule has 0 aromatic heterocycles. The van der Waals surface area contributed by atoms with E-state index < -0.39 is 4.75 Å². The van der Waals surface area contributed by atoms with Gasteiger partial charge in [-0.15, -0.1) is 6.58 Å². The monoisotopic (exact) mass is 283 g/mol. The molecule has 3 nitrogen and oxygen atoms in total. The Bertz CT molecular complexity index is 370. The first kappa shape index (κ1) is 18.0. The number of nitro groups is 1. The van der Waals surface area contributed by atoms with Gasteiger partial charge in [-0.2, -0.15) is 0 Å². The van der Waals surface area contributed by atoms with E-state index in [4.69, 9.17) is 0 Å². The predicted molar refractivity (Wildman–Crippen MR) is 84.8 cm³/mol. The second kappa shape index (κ2) is 8.97. The third-order valence-electron chi connectivity index (χ3n) is 2.94. The highest BCUT2D eigenvalue weighted by Gasteiger charge is 2.29. The predicted octanol–water partition coefficient (Wildman–Crippen LogP) is 5.33. The van der Waals surface area contributed by atoms with E-state index in [1.807, 2.05) is 6.92 Å². The first-order valence-electron chi connectivity index (χ1n) is 6.55. The molecular formula is C15H25NO2S. The van der Waals surface area contributed by atoms with E-state index in [9.17, 15) is 10.1 Å². The molecule has 0 aromatic rings. The summed E-state index contributed by atoms with van der Waals surface area (Å²) in [6, 6.07) is 0. The Labute approximate surface area is 121 Å². The first-order chi connectivity index (χ1) is 8.79. The summed E-state index contributed by atoms with van der Waals surface area (Å²) < 4.78 is -0.826. The quantitative estimate of drug-likeness (QED) is 0.248. The zero-order chi connectivity index (χ0) is 14.9. The van der Waals surface area contributed by atoms with Crippen LogP contribution in [0.1, 0.15) is 53.4 Å². The normalized spacial score (nSPS) is 14.6. The molecular weight excluding hydrogens is 258 g/mol. The second-order valence-corrected chi connectivity index (χ2v) is 6.65. The number of hydrogen-bond acceptors (Lipinski definition) is 3. The SMILES string of the molecule is C=CC(C)(CC/C=C(\C)CCC=C(C)C)S[N+](=O)[O-]. The van der Waals surface area contributed by atoms with Gasteiger partial charge < -0.3 is 0 Å². The summed E-state index contributed by atoms with van der Waals surface area (Å²) in [4.78, 5) is 10.6. The van der Waals surface area contributed by atoms with Crippen molar-refractivity contribution < 1.29 is 4.33 Å². The lowest BCUT2D eigenvalue weighted by Crippen LogP contribution is -2.18. The van der Waals surface area contributed by atoms with Crippen molar-refractivity contribution in [1.82, 2.24) is 0 Å². The number of hydrogen-bond donors (Lipinski definition) is 0. The van der Waals surface area contributed by atoms with Gasteiger partial charge in [-0.1, -0.05) is 29.4 Å². The van der Waals surface area contributed by atoms with Crippen molar-refractivity contribution >= 4 is 11.9 Å². The maximum Gasteiger partial charge on any atom is 0.238 e. The molecule has 0 aliphatic carbocycles. The van der Waals surface area contributed by atoms with Gasteiger partial charge in [0.15, 0.2) is 0 Å². The van der Waals surface area contributed by atoms with Crippen LogP contribution in [0.4, 0.5) is 0 Å². The van der Waals surface area contributed by atoms with Gasteiger partial charge in [-0.05, 0) is 53.4 Å². The lowest BCUT2D eigenvalue weighted by molar-refractivity contribution is -0.286. The minimum atomic E-state index is -0.486. The Hall–Kier alpha value is -1.03. The molecule has 0 aromatic carbocycles. The van der Waals surface area contributed by atoms with Crippen molar-refractivity contribution in [3.8, 4) is 0 Å². The van der Waals surface area contributed by atoms with Crippen LogP contribution in [0, 0.1) is 10.1 Å². The fraction of sp³-hybridized carbons (Fsp3) is 0.600. The molecule has 0 saturated carbocycles. The van der Waals surface area contributed by atoms with E-state index in [0.717, 1.165) is 37.6 Å². The molecule has 0 aliphatic rings. The molecule has 1 atom stereocenters. The lowest BCUT2D eigenvalue weighted by atomic mass is 10.0. The van der Waals surface area contributed by atoms with E-state index >= 15 is 0 Å². The highest BCUT2D eigenvalue weighted by atomic mass is 32.2. The van der Waals surface area contributed by atoms with Crippen molar-refractivity contribution in [2.75, 3.05) is 0 Å². The maximum atomic E-state index is 10.6. The number of rotatable bonds is 9. The zero-order valence-corrected chi connectivity index (χ0v) is 13.3. The Morgan fingerprint density at radius 3 is 2.42 bits per heavy atom. The van der Waals surface area contributed by atoms with Gasteiger partial charge in [0.05, 0.1) is 0 Å². The summed E-state index contributed by atoms with van der Waals surface area (Å²) >= 11 is 0.741. The van der Waals surface area contributed by atoms with E-state index in [2.05, 4.69) is 39.5 Å². The highest BCUT2D eigenvalue weighted by Crippen LogP contribution is 2.31. The number of nitrogens with zero attached hydrogens (tertiary/aromatic N) is 1. The third-order valence-corrected chi connectivity index (χ3v) is 3.88. The molecule has 0 radical (unpaired) electrons. The Morgan fingerprint density at radius 1 is 1.32 bits per heavy atom. The van der Waals surface area contributed by atoms with Gasteiger partial charge in [0, 0.05) is 0 Å². The third kappa shape index (κ3) is 9.54. The maximum absolute atomic E-state index is 10.6. The summed E-state index contributed by atoms with van der Waals surface area (Å²) in [7, 11) is 0. The molecule has 1 unspecified atom stereocenters. The molecule has 0 saturated heterocycles. The average molecular weight is 283 g/mol. The van der Waals surface area contributed by atoms with Gasteiger partial charge in [0.25, 0.3) is 0 Å². The van der Waals surface area contributed by atoms with Crippen molar-refractivity contribution in [3.63, 3.8) is 0 Å². The fourth-order valence-electron chi connectivity index (χ4n) is 1.65. The van der Waals surface area contributed by atoms with Crippen LogP contribution in [-0.2, 0) is 0 Å². The molecule has 19 heavy (non-hydrogen) atoms. The van der Waals surface area contributed by atoms with Crippen LogP contribution < -0.4 is 0 Å². The highest BCUT2D eigenvalue weighted by molar-refractivity contribution is 7.94. The van der Waals surface area contributed by atoms with Crippen LogP contribution in [0.3, 0.4) is 0 Å². The molecule has 0 aliphatic heterocycles. The van der Waals surface area contributed by atoms with Gasteiger partial charge >= 0.3 is 0 Å². The molecule has 108 valence electrons. The zero-order valence-electron chi connectivity index (χ0n) is 12.4. The van der Waals surface area contributed by atoms with Gasteiger partial charge in [-0.25, -0.2) is 0 Å². The second-order valence-electron chi connectivity index (χ2n) is 5.24. The summed E-state index contributed by atoms with van der Waals surface area (Å²) in [5.41, 5.74) is 2.68. The van der Waals surface area contributed by atoms with Crippen molar-refractivity contribution in [1.29, 1.82) is 0 Å². The Morgan fingerprint density at radius 2 is 1.95 bits per heavy atom. The molecule has 0 bridgehead atoms. The molecule has 4 heteroatoms. The van der Waals surface area contributed by atoms with E-state index in [-0.39, 0.29) is 4.33 Å².